The first kappa shape index (κ1) is 26.4. The lowest BCUT2D eigenvalue weighted by molar-refractivity contribution is -0.198. The second-order valence-corrected chi connectivity index (χ2v) is 15.6. The van der Waals surface area contributed by atoms with Gasteiger partial charge < -0.3 is 25.5 Å². The van der Waals surface area contributed by atoms with Gasteiger partial charge in [0.1, 0.15) is 0 Å². The van der Waals surface area contributed by atoms with E-state index in [0.29, 0.717) is 12.3 Å². The molecule has 5 fully saturated rings. The summed E-state index contributed by atoms with van der Waals surface area (Å²) in [6.45, 7) is 14.7. The molecule has 5 heteroatoms. The van der Waals surface area contributed by atoms with E-state index in [1.54, 1.807) is 13.8 Å². The molecule has 5 nitrogen and oxygen atoms in total. The molecule has 0 aromatic carbocycles. The number of hydrogen-bond donors (Lipinski definition) is 5. The minimum absolute atomic E-state index is 0.0124. The molecule has 5 saturated carbocycles. The minimum atomic E-state index is -1.11. The van der Waals surface area contributed by atoms with Gasteiger partial charge in [-0.2, -0.15) is 0 Å². The van der Waals surface area contributed by atoms with Crippen molar-refractivity contribution in [3.05, 3.63) is 0 Å². The zero-order valence-electron chi connectivity index (χ0n) is 23.2. The smallest absolute Gasteiger partial charge is 0.0849 e. The third-order valence-corrected chi connectivity index (χ3v) is 13.4. The quantitative estimate of drug-likeness (QED) is 0.394. The van der Waals surface area contributed by atoms with Crippen LogP contribution in [0.25, 0.3) is 0 Å². The topological polar surface area (TPSA) is 101 Å². The highest BCUT2D eigenvalue weighted by molar-refractivity contribution is 5.32. The van der Waals surface area contributed by atoms with Gasteiger partial charge in [-0.05, 0) is 122 Å². The van der Waals surface area contributed by atoms with Gasteiger partial charge in [0, 0.05) is 0 Å². The Balaban J connectivity index is 1.43. The first-order valence-electron chi connectivity index (χ1n) is 14.4. The number of aliphatic hydroxyl groups excluding tert-OH is 4. The van der Waals surface area contributed by atoms with E-state index in [1.165, 1.54) is 12.8 Å². The summed E-state index contributed by atoms with van der Waals surface area (Å²) in [7, 11) is 0. The summed E-state index contributed by atoms with van der Waals surface area (Å²) in [4.78, 5) is 0. The monoisotopic (exact) mass is 492 g/mol. The summed E-state index contributed by atoms with van der Waals surface area (Å²) in [5, 5.41) is 54.7. The van der Waals surface area contributed by atoms with Crippen molar-refractivity contribution in [3.8, 4) is 0 Å². The highest BCUT2D eigenvalue weighted by atomic mass is 16.3. The molecule has 0 radical (unpaired) electrons. The molecule has 5 aliphatic carbocycles. The first-order chi connectivity index (χ1) is 16.0. The number of aliphatic hydroxyl groups is 5. The molecule has 0 saturated heterocycles. The zero-order valence-corrected chi connectivity index (χ0v) is 23.2. The van der Waals surface area contributed by atoms with E-state index < -0.39 is 17.8 Å². The third-order valence-electron chi connectivity index (χ3n) is 13.4. The Morgan fingerprint density at radius 3 is 2.17 bits per heavy atom. The molecule has 2 spiro atoms. The van der Waals surface area contributed by atoms with Crippen LogP contribution < -0.4 is 0 Å². The second kappa shape index (κ2) is 7.68. The van der Waals surface area contributed by atoms with Gasteiger partial charge in [-0.1, -0.05) is 34.6 Å². The molecule has 5 rings (SSSR count). The van der Waals surface area contributed by atoms with Crippen molar-refractivity contribution in [2.24, 2.45) is 50.7 Å². The lowest BCUT2D eigenvalue weighted by Crippen LogP contribution is -2.61. The lowest BCUT2D eigenvalue weighted by Gasteiger charge is -2.64. The van der Waals surface area contributed by atoms with E-state index in [-0.39, 0.29) is 57.0 Å². The van der Waals surface area contributed by atoms with E-state index in [1.807, 2.05) is 0 Å². The van der Waals surface area contributed by atoms with E-state index in [2.05, 4.69) is 34.6 Å². The van der Waals surface area contributed by atoms with Crippen LogP contribution in [-0.2, 0) is 0 Å². The predicted molar refractivity (Wildman–Crippen MR) is 136 cm³/mol. The number of rotatable bonds is 5. The summed E-state index contributed by atoms with van der Waals surface area (Å²) in [5.41, 5.74) is -1.03. The SMILES string of the molecule is C[C@H](CC[C@H](O)C(C)(C)O)[C@H]1[C@@H](O)C[C@@]2(C)[C@@H]3C[C@H](O)[C@H]4C(C)(C)[C@@H](O)CC[C@@]45C[C@@]35CC[C@]12C. The molecule has 5 N–H and O–H groups in total. The molecule has 0 heterocycles. The molecular weight excluding hydrogens is 440 g/mol. The Kier molecular flexibility index (Phi) is 5.80. The van der Waals surface area contributed by atoms with Crippen LogP contribution in [0.2, 0.25) is 0 Å². The maximum Gasteiger partial charge on any atom is 0.0849 e. The van der Waals surface area contributed by atoms with Gasteiger partial charge in [-0.3, -0.25) is 0 Å². The molecule has 0 aliphatic heterocycles. The molecule has 0 bridgehead atoms. The van der Waals surface area contributed by atoms with E-state index in [4.69, 9.17) is 0 Å². The first-order valence-corrected chi connectivity index (χ1v) is 14.4. The Labute approximate surface area is 212 Å². The summed E-state index contributed by atoms with van der Waals surface area (Å²) < 4.78 is 0. The van der Waals surface area contributed by atoms with Crippen molar-refractivity contribution in [2.45, 2.75) is 136 Å². The van der Waals surface area contributed by atoms with Crippen LogP contribution in [0.3, 0.4) is 0 Å². The molecule has 5 aliphatic rings. The fourth-order valence-electron chi connectivity index (χ4n) is 11.5. The fourth-order valence-corrected chi connectivity index (χ4v) is 11.5. The van der Waals surface area contributed by atoms with Gasteiger partial charge in [-0.25, -0.2) is 0 Å². The average Bonchev–Trinajstić information content (AvgIpc) is 3.32. The van der Waals surface area contributed by atoms with Gasteiger partial charge in [0.25, 0.3) is 0 Å². The molecule has 0 aromatic heterocycles. The van der Waals surface area contributed by atoms with Crippen molar-refractivity contribution in [2.75, 3.05) is 0 Å². The Bertz CT molecular complexity index is 850. The van der Waals surface area contributed by atoms with Crippen LogP contribution in [0.4, 0.5) is 0 Å². The predicted octanol–water partition coefficient (Wildman–Crippen LogP) is 4.28. The summed E-state index contributed by atoms with van der Waals surface area (Å²) in [5.74, 6) is 0.973. The summed E-state index contributed by atoms with van der Waals surface area (Å²) in [6.07, 6.45) is 6.35. The maximum absolute atomic E-state index is 11.6. The number of fused-ring (bicyclic) bond motifs is 2. The van der Waals surface area contributed by atoms with Gasteiger partial charge in [-0.15, -0.1) is 0 Å². The van der Waals surface area contributed by atoms with Gasteiger partial charge in [0.2, 0.25) is 0 Å². The third kappa shape index (κ3) is 3.23. The van der Waals surface area contributed by atoms with E-state index in [0.717, 1.165) is 38.5 Å². The molecule has 0 unspecified atom stereocenters. The molecule has 35 heavy (non-hydrogen) atoms. The minimum Gasteiger partial charge on any atom is -0.393 e. The summed E-state index contributed by atoms with van der Waals surface area (Å²) >= 11 is 0. The summed E-state index contributed by atoms with van der Waals surface area (Å²) in [6, 6.07) is 0. The van der Waals surface area contributed by atoms with Crippen molar-refractivity contribution in [1.82, 2.24) is 0 Å². The van der Waals surface area contributed by atoms with E-state index >= 15 is 0 Å². The Morgan fingerprint density at radius 1 is 0.886 bits per heavy atom. The van der Waals surface area contributed by atoms with Gasteiger partial charge >= 0.3 is 0 Å². The van der Waals surface area contributed by atoms with Crippen LogP contribution in [-0.4, -0.2) is 55.5 Å². The van der Waals surface area contributed by atoms with Crippen LogP contribution in [0.5, 0.6) is 0 Å². The average molecular weight is 493 g/mol. The molecule has 0 aromatic rings. The number of hydrogen-bond acceptors (Lipinski definition) is 5. The van der Waals surface area contributed by atoms with Gasteiger partial charge in [0.05, 0.1) is 30.0 Å². The largest absolute Gasteiger partial charge is 0.393 e. The second-order valence-electron chi connectivity index (χ2n) is 15.6. The zero-order chi connectivity index (χ0) is 26.0. The molecule has 202 valence electrons. The highest BCUT2D eigenvalue weighted by Crippen LogP contribution is 2.89. The van der Waals surface area contributed by atoms with Crippen LogP contribution in [0.15, 0.2) is 0 Å². The Morgan fingerprint density at radius 2 is 1.54 bits per heavy atom. The van der Waals surface area contributed by atoms with Crippen molar-refractivity contribution >= 4 is 0 Å². The van der Waals surface area contributed by atoms with E-state index in [9.17, 15) is 25.5 Å². The lowest BCUT2D eigenvalue weighted by atomic mass is 9.41. The fraction of sp³-hybridized carbons (Fsp3) is 1.00. The van der Waals surface area contributed by atoms with Crippen molar-refractivity contribution in [3.63, 3.8) is 0 Å². The van der Waals surface area contributed by atoms with Crippen LogP contribution in [0, 0.1) is 50.7 Å². The van der Waals surface area contributed by atoms with Gasteiger partial charge in [0.15, 0.2) is 0 Å². The Hall–Kier alpha value is -0.200. The maximum atomic E-state index is 11.6. The van der Waals surface area contributed by atoms with Crippen LogP contribution in [0.1, 0.15) is 106 Å². The molecule has 0 amide bonds. The standard InChI is InChI=1S/C30H52O5/c1-17(8-9-22(34)26(4,5)35)23-19(32)15-28(7)20-14-18(31)24-25(2,3)21(33)10-11-30(24)16-29(20,30)13-12-27(23,28)6/h17-24,31-35H,8-16H2,1-7H3/t17-,18+,19+,20+,21+,22+,23+,24+,27-,28+,29+,30-/m1/s1. The molecular formula is C30H52O5. The van der Waals surface area contributed by atoms with Crippen molar-refractivity contribution < 1.29 is 25.5 Å². The highest BCUT2D eigenvalue weighted by Gasteiger charge is 2.84. The normalized spacial score (nSPS) is 54.2. The van der Waals surface area contributed by atoms with Crippen molar-refractivity contribution in [1.29, 1.82) is 0 Å². The molecule has 12 atom stereocenters. The van der Waals surface area contributed by atoms with Crippen LogP contribution >= 0.6 is 0 Å².